The van der Waals surface area contributed by atoms with E-state index in [1.165, 1.54) is 19.2 Å². The van der Waals surface area contributed by atoms with Crippen molar-refractivity contribution in [2.45, 2.75) is 23.8 Å². The van der Waals surface area contributed by atoms with E-state index in [-0.39, 0.29) is 23.4 Å². The topological polar surface area (TPSA) is 79.0 Å². The van der Waals surface area contributed by atoms with Crippen LogP contribution in [-0.4, -0.2) is 59.1 Å². The first-order chi connectivity index (χ1) is 14.3. The summed E-state index contributed by atoms with van der Waals surface area (Å²) in [5.41, 5.74) is 0.369. The number of halogens is 1. The number of piperidine rings is 1. The fourth-order valence-electron chi connectivity index (χ4n) is 3.35. The van der Waals surface area contributed by atoms with Crippen LogP contribution in [0, 0.1) is 0 Å². The molecule has 1 heterocycles. The van der Waals surface area contributed by atoms with Gasteiger partial charge in [-0.3, -0.25) is 9.10 Å². The maximum atomic E-state index is 13.4. The van der Waals surface area contributed by atoms with Crippen LogP contribution >= 0.6 is 11.6 Å². The molecule has 0 aromatic heterocycles. The molecule has 1 N–H and O–H groups in total. The van der Waals surface area contributed by atoms with Crippen LogP contribution in [0.5, 0.6) is 5.75 Å². The standard InChI is InChI=1S/C21H26ClN3O4S/c1-24-13-11-17(12-14-24)23-21(26)15-25(18-5-3-16(22)4-6-18)30(27,28)20-9-7-19(29-2)8-10-20/h3-10,17H,11-15H2,1-2H3,(H,23,26). The van der Waals surface area contributed by atoms with E-state index in [0.717, 1.165) is 30.2 Å². The lowest BCUT2D eigenvalue weighted by Gasteiger charge is -2.30. The molecular formula is C21H26ClN3O4S. The van der Waals surface area contributed by atoms with Crippen LogP contribution in [0.1, 0.15) is 12.8 Å². The van der Waals surface area contributed by atoms with Crippen LogP contribution in [-0.2, 0) is 14.8 Å². The number of rotatable bonds is 7. The molecule has 2 aromatic rings. The second-order valence-corrected chi connectivity index (χ2v) is 9.61. The summed E-state index contributed by atoms with van der Waals surface area (Å²) in [6.45, 7) is 1.48. The molecule has 1 aliphatic rings. The number of sulfonamides is 1. The third-order valence-corrected chi connectivity index (χ3v) is 7.17. The summed E-state index contributed by atoms with van der Waals surface area (Å²) in [6.07, 6.45) is 1.68. The van der Waals surface area contributed by atoms with Crippen LogP contribution in [0.25, 0.3) is 0 Å². The van der Waals surface area contributed by atoms with Gasteiger partial charge in [-0.2, -0.15) is 0 Å². The summed E-state index contributed by atoms with van der Waals surface area (Å²) >= 11 is 5.96. The third kappa shape index (κ3) is 5.44. The smallest absolute Gasteiger partial charge is 0.264 e. The van der Waals surface area contributed by atoms with Crippen molar-refractivity contribution in [1.29, 1.82) is 0 Å². The average Bonchev–Trinajstić information content (AvgIpc) is 2.74. The highest BCUT2D eigenvalue weighted by Gasteiger charge is 2.28. The fourth-order valence-corrected chi connectivity index (χ4v) is 4.90. The van der Waals surface area contributed by atoms with Crippen molar-refractivity contribution in [3.63, 3.8) is 0 Å². The molecule has 0 radical (unpaired) electrons. The number of benzene rings is 2. The maximum absolute atomic E-state index is 13.4. The lowest BCUT2D eigenvalue weighted by molar-refractivity contribution is -0.120. The number of carbonyl (C=O) groups is 1. The molecule has 0 spiro atoms. The van der Waals surface area contributed by atoms with Gasteiger partial charge in [-0.05, 0) is 81.5 Å². The Morgan fingerprint density at radius 3 is 2.30 bits per heavy atom. The van der Waals surface area contributed by atoms with Crippen LogP contribution in [0.15, 0.2) is 53.4 Å². The Kier molecular flexibility index (Phi) is 7.23. The molecule has 2 aromatic carbocycles. The number of methoxy groups -OCH3 is 1. The number of carbonyl (C=O) groups excluding carboxylic acids is 1. The van der Waals surface area contributed by atoms with E-state index in [2.05, 4.69) is 10.2 Å². The number of nitrogens with zero attached hydrogens (tertiary/aromatic N) is 2. The Balaban J connectivity index is 1.84. The molecule has 30 heavy (non-hydrogen) atoms. The second-order valence-electron chi connectivity index (χ2n) is 7.31. The fraction of sp³-hybridized carbons (Fsp3) is 0.381. The van der Waals surface area contributed by atoms with Crippen LogP contribution < -0.4 is 14.4 Å². The predicted octanol–water partition coefficient (Wildman–Crippen LogP) is 2.75. The number of hydrogen-bond acceptors (Lipinski definition) is 5. The van der Waals surface area contributed by atoms with Gasteiger partial charge in [0.2, 0.25) is 5.91 Å². The van der Waals surface area contributed by atoms with E-state index in [9.17, 15) is 13.2 Å². The first kappa shape index (κ1) is 22.4. The molecule has 162 valence electrons. The van der Waals surface area contributed by atoms with Crippen molar-refractivity contribution in [2.75, 3.05) is 38.1 Å². The van der Waals surface area contributed by atoms with Gasteiger partial charge >= 0.3 is 0 Å². The minimum Gasteiger partial charge on any atom is -0.497 e. The van der Waals surface area contributed by atoms with Crippen LogP contribution in [0.4, 0.5) is 5.69 Å². The number of nitrogens with one attached hydrogen (secondary N) is 1. The Morgan fingerprint density at radius 1 is 1.13 bits per heavy atom. The maximum Gasteiger partial charge on any atom is 0.264 e. The first-order valence-corrected chi connectivity index (χ1v) is 11.5. The zero-order valence-electron chi connectivity index (χ0n) is 17.0. The van der Waals surface area contributed by atoms with E-state index in [1.807, 2.05) is 7.05 Å². The van der Waals surface area contributed by atoms with E-state index in [1.54, 1.807) is 36.4 Å². The van der Waals surface area contributed by atoms with E-state index in [0.29, 0.717) is 16.5 Å². The molecule has 3 rings (SSSR count). The summed E-state index contributed by atoms with van der Waals surface area (Å²) in [7, 11) is -0.417. The van der Waals surface area contributed by atoms with Crippen molar-refractivity contribution in [3.8, 4) is 5.75 Å². The molecule has 1 amide bonds. The first-order valence-electron chi connectivity index (χ1n) is 9.70. The number of hydrogen-bond donors (Lipinski definition) is 1. The lowest BCUT2D eigenvalue weighted by atomic mass is 10.1. The normalized spacial score (nSPS) is 15.6. The summed E-state index contributed by atoms with van der Waals surface area (Å²) in [5, 5.41) is 3.46. The van der Waals surface area contributed by atoms with Crippen molar-refractivity contribution in [2.24, 2.45) is 0 Å². The highest BCUT2D eigenvalue weighted by atomic mass is 35.5. The van der Waals surface area contributed by atoms with Gasteiger partial charge in [0.05, 0.1) is 17.7 Å². The van der Waals surface area contributed by atoms with E-state index >= 15 is 0 Å². The second kappa shape index (κ2) is 9.68. The molecule has 0 unspecified atom stereocenters. The van der Waals surface area contributed by atoms with E-state index < -0.39 is 10.0 Å². The van der Waals surface area contributed by atoms with Crippen molar-refractivity contribution in [1.82, 2.24) is 10.2 Å². The summed E-state index contributed by atoms with van der Waals surface area (Å²) in [6, 6.07) is 12.5. The Bertz CT molecular complexity index is 957. The zero-order valence-corrected chi connectivity index (χ0v) is 18.6. The van der Waals surface area contributed by atoms with Crippen molar-refractivity contribution >= 4 is 33.2 Å². The lowest BCUT2D eigenvalue weighted by Crippen LogP contribution is -2.47. The van der Waals surface area contributed by atoms with Gasteiger partial charge in [-0.1, -0.05) is 11.6 Å². The van der Waals surface area contributed by atoms with Gasteiger partial charge < -0.3 is 15.0 Å². The Hall–Kier alpha value is -2.29. The van der Waals surface area contributed by atoms with Gasteiger partial charge in [0.15, 0.2) is 0 Å². The summed E-state index contributed by atoms with van der Waals surface area (Å²) in [5.74, 6) is 0.212. The van der Waals surface area contributed by atoms with Crippen LogP contribution in [0.2, 0.25) is 5.02 Å². The molecule has 0 aliphatic carbocycles. The van der Waals surface area contributed by atoms with Crippen molar-refractivity contribution < 1.29 is 17.9 Å². The Morgan fingerprint density at radius 2 is 1.73 bits per heavy atom. The van der Waals surface area contributed by atoms with Crippen molar-refractivity contribution in [3.05, 3.63) is 53.6 Å². The number of amides is 1. The molecule has 1 aliphatic heterocycles. The SMILES string of the molecule is COc1ccc(S(=O)(=O)N(CC(=O)NC2CCN(C)CC2)c2ccc(Cl)cc2)cc1. The highest BCUT2D eigenvalue weighted by Crippen LogP contribution is 2.26. The van der Waals surface area contributed by atoms with Gasteiger partial charge in [-0.15, -0.1) is 0 Å². The molecule has 0 saturated carbocycles. The highest BCUT2D eigenvalue weighted by molar-refractivity contribution is 7.92. The van der Waals surface area contributed by atoms with Gasteiger partial charge in [0, 0.05) is 11.1 Å². The number of likely N-dealkylation sites (tertiary alicyclic amines) is 1. The quantitative estimate of drug-likeness (QED) is 0.700. The molecule has 0 bridgehead atoms. The number of ether oxygens (including phenoxy) is 1. The van der Waals surface area contributed by atoms with Gasteiger partial charge in [-0.25, -0.2) is 8.42 Å². The summed E-state index contributed by atoms with van der Waals surface area (Å²) < 4.78 is 32.9. The molecule has 0 atom stereocenters. The molecule has 1 fully saturated rings. The molecule has 7 nitrogen and oxygen atoms in total. The van der Waals surface area contributed by atoms with Crippen LogP contribution in [0.3, 0.4) is 0 Å². The predicted molar refractivity (Wildman–Crippen MR) is 118 cm³/mol. The zero-order chi connectivity index (χ0) is 21.7. The Labute approximate surface area is 182 Å². The minimum atomic E-state index is -3.97. The average molecular weight is 452 g/mol. The summed E-state index contributed by atoms with van der Waals surface area (Å²) in [4.78, 5) is 15.0. The van der Waals surface area contributed by atoms with Gasteiger partial charge in [0.25, 0.3) is 10.0 Å². The molecular weight excluding hydrogens is 426 g/mol. The molecule has 1 saturated heterocycles. The largest absolute Gasteiger partial charge is 0.497 e. The third-order valence-electron chi connectivity index (χ3n) is 5.13. The minimum absolute atomic E-state index is 0.0458. The number of anilines is 1. The van der Waals surface area contributed by atoms with E-state index in [4.69, 9.17) is 16.3 Å². The molecule has 9 heteroatoms. The monoisotopic (exact) mass is 451 g/mol. The van der Waals surface area contributed by atoms with Gasteiger partial charge in [0.1, 0.15) is 12.3 Å².